The van der Waals surface area contributed by atoms with E-state index in [0.717, 1.165) is 31.2 Å². The number of amides is 1. The van der Waals surface area contributed by atoms with E-state index < -0.39 is 11.9 Å². The van der Waals surface area contributed by atoms with Crippen molar-refractivity contribution in [2.45, 2.75) is 32.4 Å². The SMILES string of the molecule is CCn1cc([C@@H]2OCCC[C@H]2CNC(=O)c2cc(C(=O)O)co2)cn1. The fourth-order valence-corrected chi connectivity index (χ4v) is 3.00. The highest BCUT2D eigenvalue weighted by Gasteiger charge is 2.29. The highest BCUT2D eigenvalue weighted by atomic mass is 16.5. The summed E-state index contributed by atoms with van der Waals surface area (Å²) in [5, 5.41) is 16.0. The molecule has 1 aliphatic heterocycles. The topological polar surface area (TPSA) is 107 Å². The van der Waals surface area contributed by atoms with Gasteiger partial charge in [0.15, 0.2) is 5.76 Å². The largest absolute Gasteiger partial charge is 0.478 e. The maximum Gasteiger partial charge on any atom is 0.338 e. The number of nitrogens with zero attached hydrogens (tertiary/aromatic N) is 2. The van der Waals surface area contributed by atoms with Crippen molar-refractivity contribution in [3.63, 3.8) is 0 Å². The van der Waals surface area contributed by atoms with Crippen LogP contribution in [0.5, 0.6) is 0 Å². The molecule has 2 N–H and O–H groups in total. The number of carboxylic acids is 1. The Balaban J connectivity index is 1.63. The van der Waals surface area contributed by atoms with Crippen LogP contribution in [0.4, 0.5) is 0 Å². The Morgan fingerprint density at radius 1 is 1.48 bits per heavy atom. The summed E-state index contributed by atoms with van der Waals surface area (Å²) in [6, 6.07) is 1.22. The fraction of sp³-hybridized carbons (Fsp3) is 0.471. The van der Waals surface area contributed by atoms with Gasteiger partial charge >= 0.3 is 5.97 Å². The summed E-state index contributed by atoms with van der Waals surface area (Å²) in [5.74, 6) is -1.44. The summed E-state index contributed by atoms with van der Waals surface area (Å²) in [4.78, 5) is 23.0. The predicted molar refractivity (Wildman–Crippen MR) is 87.3 cm³/mol. The summed E-state index contributed by atoms with van der Waals surface area (Å²) in [6.45, 7) is 3.92. The minimum absolute atomic E-state index is 0.00974. The first-order chi connectivity index (χ1) is 12.1. The zero-order valence-electron chi connectivity index (χ0n) is 14.0. The number of hydrogen-bond donors (Lipinski definition) is 2. The molecular weight excluding hydrogens is 326 g/mol. The summed E-state index contributed by atoms with van der Waals surface area (Å²) < 4.78 is 12.8. The Bertz CT molecular complexity index is 751. The molecule has 0 spiro atoms. The number of carbonyl (C=O) groups excluding carboxylic acids is 1. The molecule has 0 unspecified atom stereocenters. The number of furan rings is 1. The van der Waals surface area contributed by atoms with E-state index in [9.17, 15) is 9.59 Å². The Kier molecular flexibility index (Phi) is 5.18. The minimum Gasteiger partial charge on any atom is -0.478 e. The van der Waals surface area contributed by atoms with Crippen LogP contribution in [0, 0.1) is 5.92 Å². The first kappa shape index (κ1) is 17.2. The molecule has 0 saturated carbocycles. The second kappa shape index (κ2) is 7.52. The lowest BCUT2D eigenvalue weighted by atomic mass is 9.91. The van der Waals surface area contributed by atoms with Gasteiger partial charge in [0.1, 0.15) is 6.26 Å². The normalized spacial score (nSPS) is 20.4. The first-order valence-corrected chi connectivity index (χ1v) is 8.32. The summed E-state index contributed by atoms with van der Waals surface area (Å²) in [6.07, 6.45) is 6.59. The second-order valence-electron chi connectivity index (χ2n) is 6.04. The highest BCUT2D eigenvalue weighted by molar-refractivity contribution is 5.95. The Hall–Kier alpha value is -2.61. The van der Waals surface area contributed by atoms with Gasteiger partial charge < -0.3 is 19.6 Å². The molecule has 0 bridgehead atoms. The third-order valence-electron chi connectivity index (χ3n) is 4.35. The van der Waals surface area contributed by atoms with Gasteiger partial charge in [0, 0.05) is 43.4 Å². The number of hydrogen-bond acceptors (Lipinski definition) is 5. The molecule has 0 aliphatic carbocycles. The van der Waals surface area contributed by atoms with Gasteiger partial charge in [-0.3, -0.25) is 9.48 Å². The number of nitrogens with one attached hydrogen (secondary N) is 1. The van der Waals surface area contributed by atoms with Crippen LogP contribution in [-0.2, 0) is 11.3 Å². The molecule has 8 nitrogen and oxygen atoms in total. The molecule has 0 radical (unpaired) electrons. The van der Waals surface area contributed by atoms with E-state index >= 15 is 0 Å². The standard InChI is InChI=1S/C17H21N3O5/c1-2-20-9-13(8-19-20)15-11(4-3-5-24-15)7-18-16(21)14-6-12(10-25-14)17(22)23/h6,8-11,15H,2-5,7H2,1H3,(H,18,21)(H,22,23)/t11-,15+/m0/s1. The quantitative estimate of drug-likeness (QED) is 0.829. The van der Waals surface area contributed by atoms with Gasteiger partial charge in [0.05, 0.1) is 17.9 Å². The molecule has 2 aromatic heterocycles. The number of carboxylic acid groups (broad SMARTS) is 1. The average Bonchev–Trinajstić information content (AvgIpc) is 3.29. The number of ether oxygens (including phenoxy) is 1. The maximum atomic E-state index is 12.2. The average molecular weight is 347 g/mol. The molecular formula is C17H21N3O5. The van der Waals surface area contributed by atoms with Gasteiger partial charge in [-0.25, -0.2) is 4.79 Å². The number of carbonyl (C=O) groups is 2. The molecule has 134 valence electrons. The van der Waals surface area contributed by atoms with Crippen LogP contribution in [0.1, 0.15) is 52.3 Å². The molecule has 3 heterocycles. The van der Waals surface area contributed by atoms with Crippen LogP contribution in [-0.4, -0.2) is 39.9 Å². The molecule has 1 saturated heterocycles. The third kappa shape index (κ3) is 3.90. The molecule has 1 amide bonds. The molecule has 8 heteroatoms. The van der Waals surface area contributed by atoms with Crippen LogP contribution in [0.15, 0.2) is 29.1 Å². The Morgan fingerprint density at radius 3 is 3.00 bits per heavy atom. The molecule has 0 aromatic carbocycles. The van der Waals surface area contributed by atoms with Crippen LogP contribution < -0.4 is 5.32 Å². The van der Waals surface area contributed by atoms with Gasteiger partial charge in [-0.05, 0) is 19.8 Å². The molecule has 2 atom stereocenters. The minimum atomic E-state index is -1.13. The Labute approximate surface area is 144 Å². The van der Waals surface area contributed by atoms with Crippen molar-refractivity contribution in [2.75, 3.05) is 13.2 Å². The van der Waals surface area contributed by atoms with E-state index in [2.05, 4.69) is 10.4 Å². The monoisotopic (exact) mass is 347 g/mol. The lowest BCUT2D eigenvalue weighted by molar-refractivity contribution is -0.0273. The van der Waals surface area contributed by atoms with E-state index in [0.29, 0.717) is 13.2 Å². The predicted octanol–water partition coefficient (Wildman–Crippen LogP) is 2.09. The molecule has 1 fully saturated rings. The summed E-state index contributed by atoms with van der Waals surface area (Å²) >= 11 is 0. The number of rotatable bonds is 6. The molecule has 25 heavy (non-hydrogen) atoms. The Morgan fingerprint density at radius 2 is 2.32 bits per heavy atom. The molecule has 2 aromatic rings. The summed E-state index contributed by atoms with van der Waals surface area (Å²) in [5.41, 5.74) is 0.961. The van der Waals surface area contributed by atoms with Gasteiger partial charge in [-0.15, -0.1) is 0 Å². The van der Waals surface area contributed by atoms with E-state index in [4.69, 9.17) is 14.3 Å². The van der Waals surface area contributed by atoms with Crippen LogP contribution in [0.2, 0.25) is 0 Å². The number of aryl methyl sites for hydroxylation is 1. The van der Waals surface area contributed by atoms with E-state index in [1.54, 1.807) is 6.20 Å². The van der Waals surface area contributed by atoms with Crippen molar-refractivity contribution in [3.05, 3.63) is 41.6 Å². The third-order valence-corrected chi connectivity index (χ3v) is 4.35. The van der Waals surface area contributed by atoms with Gasteiger partial charge in [-0.2, -0.15) is 5.10 Å². The lowest BCUT2D eigenvalue weighted by Crippen LogP contribution is -2.34. The second-order valence-corrected chi connectivity index (χ2v) is 6.04. The van der Waals surface area contributed by atoms with Crippen LogP contribution >= 0.6 is 0 Å². The van der Waals surface area contributed by atoms with Crippen molar-refractivity contribution < 1.29 is 23.8 Å². The van der Waals surface area contributed by atoms with E-state index in [-0.39, 0.29) is 23.3 Å². The van der Waals surface area contributed by atoms with Gasteiger partial charge in [0.2, 0.25) is 0 Å². The van der Waals surface area contributed by atoms with Crippen molar-refractivity contribution >= 4 is 11.9 Å². The first-order valence-electron chi connectivity index (χ1n) is 8.32. The molecule has 3 rings (SSSR count). The smallest absolute Gasteiger partial charge is 0.338 e. The number of aromatic nitrogens is 2. The van der Waals surface area contributed by atoms with Crippen molar-refractivity contribution in [1.29, 1.82) is 0 Å². The lowest BCUT2D eigenvalue weighted by Gasteiger charge is -2.31. The summed E-state index contributed by atoms with van der Waals surface area (Å²) in [7, 11) is 0. The molecule has 1 aliphatic rings. The van der Waals surface area contributed by atoms with Crippen molar-refractivity contribution in [3.8, 4) is 0 Å². The van der Waals surface area contributed by atoms with Crippen LogP contribution in [0.25, 0.3) is 0 Å². The van der Waals surface area contributed by atoms with E-state index in [1.165, 1.54) is 6.07 Å². The van der Waals surface area contributed by atoms with E-state index in [1.807, 2.05) is 17.8 Å². The fourth-order valence-electron chi connectivity index (χ4n) is 3.00. The maximum absolute atomic E-state index is 12.2. The zero-order valence-corrected chi connectivity index (χ0v) is 14.0. The van der Waals surface area contributed by atoms with Crippen molar-refractivity contribution in [1.82, 2.24) is 15.1 Å². The number of aromatic carboxylic acids is 1. The van der Waals surface area contributed by atoms with Crippen molar-refractivity contribution in [2.24, 2.45) is 5.92 Å². The van der Waals surface area contributed by atoms with Crippen LogP contribution in [0.3, 0.4) is 0 Å². The van der Waals surface area contributed by atoms with Gasteiger partial charge in [-0.1, -0.05) is 0 Å². The van der Waals surface area contributed by atoms with Gasteiger partial charge in [0.25, 0.3) is 5.91 Å². The highest BCUT2D eigenvalue weighted by Crippen LogP contribution is 2.33. The zero-order chi connectivity index (χ0) is 17.8.